The zero-order chi connectivity index (χ0) is 27.0. The summed E-state index contributed by atoms with van der Waals surface area (Å²) in [5.41, 5.74) is 3.29. The number of anilines is 1. The summed E-state index contributed by atoms with van der Waals surface area (Å²) in [5.74, 6) is -0.393. The normalized spacial score (nSPS) is 19.0. The molecular weight excluding hydrogens is 500 g/mol. The summed E-state index contributed by atoms with van der Waals surface area (Å²) >= 11 is 0. The van der Waals surface area contributed by atoms with Crippen molar-refractivity contribution in [2.45, 2.75) is 38.8 Å². The summed E-state index contributed by atoms with van der Waals surface area (Å²) in [5, 5.41) is 10.2. The van der Waals surface area contributed by atoms with Crippen molar-refractivity contribution in [3.05, 3.63) is 66.0 Å². The van der Waals surface area contributed by atoms with Crippen molar-refractivity contribution < 1.29 is 13.6 Å². The molecule has 10 heteroatoms. The number of fused-ring (bicyclic) bond motifs is 5. The van der Waals surface area contributed by atoms with Gasteiger partial charge in [0.25, 0.3) is 0 Å². The second kappa shape index (κ2) is 8.59. The standard InChI is InChI=1S/C29H27F2N7O/c1-16-5-4-6-21-28(26-22-15-35(3)33-27(22)24(31)11-23(26)30)34-38(29(16)21)18-9-10-25(32-12-18)37-14-19-7-8-20(37)13-36(19)17(2)39/h4-6,9-12,15,19-20H,7-8,13-14H2,1-3H3. The van der Waals surface area contributed by atoms with Crippen LogP contribution in [0.5, 0.6) is 0 Å². The van der Waals surface area contributed by atoms with Gasteiger partial charge in [0.1, 0.15) is 22.8 Å². The van der Waals surface area contributed by atoms with E-state index in [1.165, 1.54) is 4.68 Å². The molecule has 198 valence electrons. The molecule has 3 fully saturated rings. The van der Waals surface area contributed by atoms with Crippen molar-refractivity contribution in [1.82, 2.24) is 29.4 Å². The molecule has 0 aliphatic carbocycles. The van der Waals surface area contributed by atoms with Crippen LogP contribution in [0.3, 0.4) is 0 Å². The molecule has 0 N–H and O–H groups in total. The predicted molar refractivity (Wildman–Crippen MR) is 145 cm³/mol. The summed E-state index contributed by atoms with van der Waals surface area (Å²) in [6.45, 7) is 5.12. The average Bonchev–Trinajstić information content (AvgIpc) is 3.51. The van der Waals surface area contributed by atoms with E-state index in [2.05, 4.69) is 10.00 Å². The summed E-state index contributed by atoms with van der Waals surface area (Å²) in [7, 11) is 1.68. The highest BCUT2D eigenvalue weighted by Gasteiger charge is 2.40. The quantitative estimate of drug-likeness (QED) is 0.338. The van der Waals surface area contributed by atoms with E-state index in [9.17, 15) is 9.18 Å². The maximum atomic E-state index is 15.4. The highest BCUT2D eigenvalue weighted by molar-refractivity contribution is 6.04. The van der Waals surface area contributed by atoms with Gasteiger partial charge in [0.2, 0.25) is 5.91 Å². The van der Waals surface area contributed by atoms with E-state index in [1.54, 1.807) is 31.0 Å². The van der Waals surface area contributed by atoms with Crippen molar-refractivity contribution in [3.8, 4) is 16.9 Å². The number of pyridine rings is 1. The highest BCUT2D eigenvalue weighted by atomic mass is 19.1. The zero-order valence-corrected chi connectivity index (χ0v) is 21.9. The zero-order valence-electron chi connectivity index (χ0n) is 21.9. The Bertz CT molecular complexity index is 1770. The van der Waals surface area contributed by atoms with Crippen molar-refractivity contribution in [2.24, 2.45) is 7.05 Å². The van der Waals surface area contributed by atoms with Crippen LogP contribution >= 0.6 is 0 Å². The number of aryl methyl sites for hydroxylation is 2. The van der Waals surface area contributed by atoms with Gasteiger partial charge >= 0.3 is 0 Å². The average molecular weight is 528 g/mol. The number of nitrogens with zero attached hydrogens (tertiary/aromatic N) is 7. The molecule has 1 amide bonds. The summed E-state index contributed by atoms with van der Waals surface area (Å²) in [6.07, 6.45) is 5.46. The van der Waals surface area contributed by atoms with E-state index in [4.69, 9.17) is 10.1 Å². The van der Waals surface area contributed by atoms with Crippen molar-refractivity contribution in [2.75, 3.05) is 18.0 Å². The molecule has 3 aliphatic heterocycles. The van der Waals surface area contributed by atoms with Crippen molar-refractivity contribution in [1.29, 1.82) is 0 Å². The Labute approximate surface area is 223 Å². The Morgan fingerprint density at radius 1 is 1.00 bits per heavy atom. The molecule has 3 saturated heterocycles. The van der Waals surface area contributed by atoms with Gasteiger partial charge in [-0.05, 0) is 37.5 Å². The Balaban J connectivity index is 1.32. The summed E-state index contributed by atoms with van der Waals surface area (Å²) in [6, 6.07) is 11.1. The monoisotopic (exact) mass is 527 g/mol. The molecule has 3 aromatic heterocycles. The van der Waals surface area contributed by atoms with Crippen LogP contribution in [0, 0.1) is 18.6 Å². The van der Waals surface area contributed by atoms with E-state index >= 15 is 4.39 Å². The number of hydrogen-bond donors (Lipinski definition) is 0. The van der Waals surface area contributed by atoms with Crippen LogP contribution in [0.25, 0.3) is 38.8 Å². The minimum Gasteiger partial charge on any atom is -0.350 e. The molecule has 0 saturated carbocycles. The molecule has 0 spiro atoms. The smallest absolute Gasteiger partial charge is 0.219 e. The van der Waals surface area contributed by atoms with Gasteiger partial charge in [0.05, 0.1) is 17.4 Å². The highest BCUT2D eigenvalue weighted by Crippen LogP contribution is 2.38. The summed E-state index contributed by atoms with van der Waals surface area (Å²) in [4.78, 5) is 21.1. The number of piperazine rings is 1. The Kier molecular flexibility index (Phi) is 5.23. The summed E-state index contributed by atoms with van der Waals surface area (Å²) < 4.78 is 33.2. The number of piperidine rings is 2. The molecule has 39 heavy (non-hydrogen) atoms. The van der Waals surface area contributed by atoms with Gasteiger partial charge in [-0.2, -0.15) is 10.2 Å². The SMILES string of the molecule is CC(=O)N1CC2CCC1CN2c1ccc(-n2nc(-c3c(F)cc(F)c4nn(C)cc34)c3cccc(C)c32)cn1. The fourth-order valence-corrected chi connectivity index (χ4v) is 6.34. The fraction of sp³-hybridized carbons (Fsp3) is 0.310. The lowest BCUT2D eigenvalue weighted by Crippen LogP contribution is -2.64. The third-order valence-electron chi connectivity index (χ3n) is 8.16. The van der Waals surface area contributed by atoms with Gasteiger partial charge in [-0.25, -0.2) is 18.4 Å². The van der Waals surface area contributed by atoms with E-state index in [1.807, 2.05) is 42.2 Å². The molecule has 0 radical (unpaired) electrons. The Morgan fingerprint density at radius 3 is 2.54 bits per heavy atom. The molecule has 3 aliphatic rings. The predicted octanol–water partition coefficient (Wildman–Crippen LogP) is 4.76. The number of carbonyl (C=O) groups is 1. The lowest BCUT2D eigenvalue weighted by molar-refractivity contribution is -0.133. The second-order valence-electron chi connectivity index (χ2n) is 10.6. The lowest BCUT2D eigenvalue weighted by Gasteiger charge is -2.51. The Morgan fingerprint density at radius 2 is 1.82 bits per heavy atom. The molecule has 2 bridgehead atoms. The molecule has 8 nitrogen and oxygen atoms in total. The van der Waals surface area contributed by atoms with Crippen molar-refractivity contribution in [3.63, 3.8) is 0 Å². The first-order valence-electron chi connectivity index (χ1n) is 13.1. The van der Waals surface area contributed by atoms with E-state index in [0.717, 1.165) is 60.0 Å². The van der Waals surface area contributed by atoms with Crippen LogP contribution in [-0.2, 0) is 11.8 Å². The molecule has 2 atom stereocenters. The second-order valence-corrected chi connectivity index (χ2v) is 10.6. The van der Waals surface area contributed by atoms with Crippen LogP contribution in [0.2, 0.25) is 0 Å². The number of aromatic nitrogens is 5. The number of amides is 1. The van der Waals surface area contributed by atoms with Crippen LogP contribution in [0.4, 0.5) is 14.6 Å². The molecule has 6 heterocycles. The third kappa shape index (κ3) is 3.61. The van der Waals surface area contributed by atoms with Crippen LogP contribution in [0.1, 0.15) is 25.3 Å². The maximum absolute atomic E-state index is 15.4. The minimum atomic E-state index is -0.704. The van der Waals surface area contributed by atoms with Crippen LogP contribution in [0.15, 0.2) is 48.8 Å². The first-order chi connectivity index (χ1) is 18.8. The molecule has 8 rings (SSSR count). The van der Waals surface area contributed by atoms with E-state index < -0.39 is 11.6 Å². The fourth-order valence-electron chi connectivity index (χ4n) is 6.34. The number of halogens is 2. The van der Waals surface area contributed by atoms with Crippen molar-refractivity contribution >= 4 is 33.5 Å². The molecular formula is C29H27F2N7O. The molecule has 2 unspecified atom stereocenters. The number of hydrogen-bond acceptors (Lipinski definition) is 5. The molecule has 5 aromatic rings. The largest absolute Gasteiger partial charge is 0.350 e. The van der Waals surface area contributed by atoms with Gasteiger partial charge in [0, 0.05) is 67.7 Å². The Hall–Kier alpha value is -4.34. The van der Waals surface area contributed by atoms with Gasteiger partial charge in [-0.15, -0.1) is 0 Å². The maximum Gasteiger partial charge on any atom is 0.219 e. The molecule has 2 aromatic carbocycles. The first kappa shape index (κ1) is 23.8. The van der Waals surface area contributed by atoms with Gasteiger partial charge < -0.3 is 9.80 Å². The number of benzene rings is 2. The van der Waals surface area contributed by atoms with Crippen LogP contribution < -0.4 is 4.90 Å². The third-order valence-corrected chi connectivity index (χ3v) is 8.16. The number of para-hydroxylation sites is 1. The van der Waals surface area contributed by atoms with E-state index in [0.29, 0.717) is 11.1 Å². The van der Waals surface area contributed by atoms with Gasteiger partial charge in [-0.1, -0.05) is 18.2 Å². The topological polar surface area (TPSA) is 72.1 Å². The minimum absolute atomic E-state index is 0.106. The van der Waals surface area contributed by atoms with Gasteiger partial charge in [-0.3, -0.25) is 9.48 Å². The first-order valence-corrected chi connectivity index (χ1v) is 13.1. The van der Waals surface area contributed by atoms with E-state index in [-0.39, 0.29) is 29.1 Å². The lowest BCUT2D eigenvalue weighted by atomic mass is 9.90. The number of rotatable bonds is 3. The van der Waals surface area contributed by atoms with Gasteiger partial charge in [0.15, 0.2) is 5.82 Å². The number of carbonyl (C=O) groups excluding carboxylic acids is 1. The van der Waals surface area contributed by atoms with Crippen LogP contribution in [-0.4, -0.2) is 60.5 Å².